The third-order valence-corrected chi connectivity index (χ3v) is 6.39. The van der Waals surface area contributed by atoms with Crippen molar-refractivity contribution in [3.8, 4) is 11.4 Å². The van der Waals surface area contributed by atoms with Crippen LogP contribution in [-0.4, -0.2) is 28.6 Å². The third kappa shape index (κ3) is 4.27. The van der Waals surface area contributed by atoms with Crippen LogP contribution >= 0.6 is 35.4 Å². The first kappa shape index (κ1) is 23.0. The zero-order chi connectivity index (χ0) is 23.9. The fraction of sp³-hybridized carbons (Fsp3) is 0.125. The Morgan fingerprint density at radius 3 is 2.27 bits per heavy atom. The van der Waals surface area contributed by atoms with Crippen LogP contribution in [0.4, 0.5) is 5.69 Å². The number of nitrogens with one attached hydrogen (secondary N) is 1. The lowest BCUT2D eigenvalue weighted by atomic mass is 10.1. The third-order valence-electron chi connectivity index (χ3n) is 5.36. The average molecular weight is 500 g/mol. The molecule has 1 N–H and O–H groups in total. The number of amides is 2. The minimum Gasteiger partial charge on any atom is -0.497 e. The van der Waals surface area contributed by atoms with Crippen molar-refractivity contribution in [1.29, 1.82) is 0 Å². The van der Waals surface area contributed by atoms with Crippen LogP contribution in [0.25, 0.3) is 11.8 Å². The molecular formula is C24H19Cl2N3O3S. The van der Waals surface area contributed by atoms with E-state index in [-0.39, 0.29) is 10.7 Å². The van der Waals surface area contributed by atoms with Crippen LogP contribution in [0.5, 0.6) is 5.75 Å². The van der Waals surface area contributed by atoms with Gasteiger partial charge in [-0.25, -0.2) is 0 Å². The Balaban J connectivity index is 1.74. The maximum atomic E-state index is 13.3. The molecule has 2 aromatic carbocycles. The van der Waals surface area contributed by atoms with E-state index in [0.717, 1.165) is 22.6 Å². The van der Waals surface area contributed by atoms with Crippen molar-refractivity contribution in [2.75, 3.05) is 12.0 Å². The number of thiocarbonyl (C=S) groups is 1. The molecule has 1 aromatic heterocycles. The van der Waals surface area contributed by atoms with Gasteiger partial charge in [-0.05, 0) is 86.2 Å². The molecule has 2 heterocycles. The van der Waals surface area contributed by atoms with Gasteiger partial charge in [0.1, 0.15) is 11.3 Å². The van der Waals surface area contributed by atoms with Crippen molar-refractivity contribution in [2.45, 2.75) is 13.8 Å². The molecule has 0 bridgehead atoms. The quantitative estimate of drug-likeness (QED) is 0.302. The molecule has 4 rings (SSSR count). The van der Waals surface area contributed by atoms with Crippen LogP contribution in [0, 0.1) is 13.8 Å². The van der Waals surface area contributed by atoms with E-state index in [1.54, 1.807) is 49.6 Å². The van der Waals surface area contributed by atoms with Crippen molar-refractivity contribution < 1.29 is 14.3 Å². The molecule has 0 spiro atoms. The van der Waals surface area contributed by atoms with E-state index in [4.69, 9.17) is 40.2 Å². The highest BCUT2D eigenvalue weighted by Gasteiger charge is 2.34. The fourth-order valence-corrected chi connectivity index (χ4v) is 4.31. The number of carbonyl (C=O) groups excluding carboxylic acids is 2. The van der Waals surface area contributed by atoms with Crippen LogP contribution in [0.2, 0.25) is 10.0 Å². The maximum absolute atomic E-state index is 13.3. The number of anilines is 1. The highest BCUT2D eigenvalue weighted by atomic mass is 35.5. The van der Waals surface area contributed by atoms with Crippen molar-refractivity contribution in [1.82, 2.24) is 9.88 Å². The summed E-state index contributed by atoms with van der Waals surface area (Å²) in [5, 5.41) is 3.52. The average Bonchev–Trinajstić information content (AvgIpc) is 3.06. The predicted octanol–water partition coefficient (Wildman–Crippen LogP) is 5.24. The minimum atomic E-state index is -0.547. The second-order valence-electron chi connectivity index (χ2n) is 7.42. The van der Waals surface area contributed by atoms with E-state index in [9.17, 15) is 9.59 Å². The summed E-state index contributed by atoms with van der Waals surface area (Å²) in [5.74, 6) is -0.411. The van der Waals surface area contributed by atoms with Crippen molar-refractivity contribution in [3.63, 3.8) is 0 Å². The Morgan fingerprint density at radius 2 is 1.64 bits per heavy atom. The van der Waals surface area contributed by atoms with Crippen LogP contribution in [0.1, 0.15) is 17.0 Å². The number of hydrogen-bond donors (Lipinski definition) is 1. The molecule has 0 saturated carbocycles. The number of rotatable bonds is 4. The van der Waals surface area contributed by atoms with Crippen LogP contribution in [0.3, 0.4) is 0 Å². The maximum Gasteiger partial charge on any atom is 0.270 e. The normalized spacial score (nSPS) is 15.2. The molecule has 1 aliphatic rings. The molecule has 3 aromatic rings. The SMILES string of the molecule is COc1ccc(N2C(=O)/C(=C\c3cc(C)n(-c4ccc(Cl)c(Cl)c4)c3C)C(=O)NC2=S)cc1. The van der Waals surface area contributed by atoms with E-state index >= 15 is 0 Å². The molecule has 0 atom stereocenters. The number of benzene rings is 2. The number of aryl methyl sites for hydroxylation is 1. The topological polar surface area (TPSA) is 63.6 Å². The summed E-state index contributed by atoms with van der Waals surface area (Å²) in [6.45, 7) is 3.83. The molecule has 0 unspecified atom stereocenters. The van der Waals surface area contributed by atoms with E-state index in [1.807, 2.05) is 30.5 Å². The fourth-order valence-electron chi connectivity index (χ4n) is 3.73. The number of halogens is 2. The second-order valence-corrected chi connectivity index (χ2v) is 8.62. The summed E-state index contributed by atoms with van der Waals surface area (Å²) in [4.78, 5) is 27.3. The van der Waals surface area contributed by atoms with Crippen LogP contribution in [-0.2, 0) is 9.59 Å². The molecule has 33 heavy (non-hydrogen) atoms. The number of carbonyl (C=O) groups is 2. The largest absolute Gasteiger partial charge is 0.497 e. The zero-order valence-corrected chi connectivity index (χ0v) is 20.3. The summed E-state index contributed by atoms with van der Waals surface area (Å²) in [6, 6.07) is 14.1. The molecule has 0 radical (unpaired) electrons. The number of hydrogen-bond acceptors (Lipinski definition) is 4. The Labute approximate surface area is 206 Å². The molecule has 9 heteroatoms. The zero-order valence-electron chi connectivity index (χ0n) is 18.0. The molecule has 168 valence electrons. The first-order chi connectivity index (χ1) is 15.7. The molecular weight excluding hydrogens is 481 g/mol. The molecule has 6 nitrogen and oxygen atoms in total. The van der Waals surface area contributed by atoms with E-state index in [2.05, 4.69) is 5.32 Å². The van der Waals surface area contributed by atoms with Crippen LogP contribution in [0.15, 0.2) is 54.1 Å². The summed E-state index contributed by atoms with van der Waals surface area (Å²) in [6.07, 6.45) is 1.58. The Hall–Kier alpha value is -3.13. The first-order valence-corrected chi connectivity index (χ1v) is 11.1. The van der Waals surface area contributed by atoms with Gasteiger partial charge >= 0.3 is 0 Å². The summed E-state index contributed by atoms with van der Waals surface area (Å²) < 4.78 is 7.15. The Kier molecular flexibility index (Phi) is 6.30. The highest BCUT2D eigenvalue weighted by molar-refractivity contribution is 7.80. The van der Waals surface area contributed by atoms with Crippen molar-refractivity contribution in [2.24, 2.45) is 0 Å². The lowest BCUT2D eigenvalue weighted by Gasteiger charge is -2.29. The Bertz CT molecular complexity index is 1330. The molecule has 2 amide bonds. The standard InChI is InChI=1S/C24H19Cl2N3O3S/c1-13-10-15(14(2)28(13)17-6-9-20(25)21(26)12-17)11-19-22(30)27-24(33)29(23(19)31)16-4-7-18(32-3)8-5-16/h4-12H,1-3H3,(H,27,30,33)/b19-11-. The predicted molar refractivity (Wildman–Crippen MR) is 134 cm³/mol. The van der Waals surface area contributed by atoms with E-state index < -0.39 is 11.8 Å². The number of ether oxygens (including phenoxy) is 1. The van der Waals surface area contributed by atoms with Gasteiger partial charge in [0.25, 0.3) is 11.8 Å². The van der Waals surface area contributed by atoms with Gasteiger partial charge < -0.3 is 9.30 Å². The van der Waals surface area contributed by atoms with Crippen molar-refractivity contribution in [3.05, 3.63) is 81.1 Å². The second kappa shape index (κ2) is 9.02. The first-order valence-electron chi connectivity index (χ1n) is 9.91. The van der Waals surface area contributed by atoms with Gasteiger partial charge in [-0.15, -0.1) is 0 Å². The Morgan fingerprint density at radius 1 is 0.970 bits per heavy atom. The van der Waals surface area contributed by atoms with E-state index in [0.29, 0.717) is 21.5 Å². The van der Waals surface area contributed by atoms with E-state index in [1.165, 1.54) is 4.90 Å². The van der Waals surface area contributed by atoms with Crippen LogP contribution < -0.4 is 15.0 Å². The summed E-state index contributed by atoms with van der Waals surface area (Å²) in [5.41, 5.74) is 3.79. The molecule has 1 saturated heterocycles. The highest BCUT2D eigenvalue weighted by Crippen LogP contribution is 2.29. The summed E-state index contributed by atoms with van der Waals surface area (Å²) in [7, 11) is 1.56. The lowest BCUT2D eigenvalue weighted by Crippen LogP contribution is -2.54. The van der Waals surface area contributed by atoms with Gasteiger partial charge in [0.05, 0.1) is 22.8 Å². The van der Waals surface area contributed by atoms with Gasteiger partial charge in [-0.3, -0.25) is 19.8 Å². The summed E-state index contributed by atoms with van der Waals surface area (Å²) >= 11 is 17.5. The van der Waals surface area contributed by atoms with Gasteiger partial charge in [-0.2, -0.15) is 0 Å². The molecule has 0 aliphatic carbocycles. The number of nitrogens with zero attached hydrogens (tertiary/aromatic N) is 2. The smallest absolute Gasteiger partial charge is 0.270 e. The molecule has 1 aliphatic heterocycles. The molecule has 1 fully saturated rings. The number of aromatic nitrogens is 1. The monoisotopic (exact) mass is 499 g/mol. The van der Waals surface area contributed by atoms with Gasteiger partial charge in [-0.1, -0.05) is 23.2 Å². The minimum absolute atomic E-state index is 0.0196. The van der Waals surface area contributed by atoms with Crippen molar-refractivity contribution >= 4 is 64.1 Å². The number of methoxy groups -OCH3 is 1. The van der Waals surface area contributed by atoms with Gasteiger partial charge in [0.2, 0.25) is 0 Å². The van der Waals surface area contributed by atoms with Gasteiger partial charge in [0, 0.05) is 17.1 Å². The van der Waals surface area contributed by atoms with Gasteiger partial charge in [0.15, 0.2) is 5.11 Å². The lowest BCUT2D eigenvalue weighted by molar-refractivity contribution is -0.122.